The second-order valence-electron chi connectivity index (χ2n) is 13.0. The van der Waals surface area contributed by atoms with Gasteiger partial charge in [-0.05, 0) is 55.0 Å². The summed E-state index contributed by atoms with van der Waals surface area (Å²) in [5.41, 5.74) is 6.07. The van der Waals surface area contributed by atoms with Crippen LogP contribution in [0.4, 0.5) is 0 Å². The van der Waals surface area contributed by atoms with Crippen LogP contribution in [0.3, 0.4) is 0 Å². The van der Waals surface area contributed by atoms with Gasteiger partial charge in [-0.2, -0.15) is 0 Å². The fraction of sp³-hybridized carbons (Fsp3) is 0.318. The molecule has 0 fully saturated rings. The minimum absolute atomic E-state index is 0.136. The van der Waals surface area contributed by atoms with Gasteiger partial charge in [-0.1, -0.05) is 60.7 Å². The average molecular weight is 733 g/mol. The van der Waals surface area contributed by atoms with Gasteiger partial charge in [-0.25, -0.2) is 9.59 Å². The van der Waals surface area contributed by atoms with E-state index < -0.39 is 23.3 Å². The van der Waals surface area contributed by atoms with Gasteiger partial charge in [0.2, 0.25) is 11.5 Å². The first-order chi connectivity index (χ1) is 26.3. The van der Waals surface area contributed by atoms with Crippen molar-refractivity contribution in [2.75, 3.05) is 55.9 Å². The molecule has 4 aromatic carbocycles. The number of methoxy groups -OCH3 is 6. The normalized spacial score (nSPS) is 17.9. The van der Waals surface area contributed by atoms with Crippen LogP contribution in [0, 0.1) is 0 Å². The predicted octanol–water partition coefficient (Wildman–Crippen LogP) is 7.66. The summed E-state index contributed by atoms with van der Waals surface area (Å²) >= 11 is 0. The lowest BCUT2D eigenvalue weighted by atomic mass is 9.60. The number of hydrogen-bond donors (Lipinski definition) is 0. The molecule has 10 heteroatoms. The first-order valence-corrected chi connectivity index (χ1v) is 18.0. The maximum Gasteiger partial charge on any atom is 0.335 e. The first kappa shape index (κ1) is 36.5. The van der Waals surface area contributed by atoms with Gasteiger partial charge >= 0.3 is 11.9 Å². The number of rotatable bonds is 12. The maximum atomic E-state index is 14.9. The zero-order chi connectivity index (χ0) is 38.3. The lowest BCUT2D eigenvalue weighted by Gasteiger charge is -2.42. The Hall–Kier alpha value is -5.90. The molecule has 0 radical (unpaired) electrons. The molecule has 10 nitrogen and oxygen atoms in total. The van der Waals surface area contributed by atoms with Gasteiger partial charge in [0, 0.05) is 33.8 Å². The topological polar surface area (TPSA) is 108 Å². The van der Waals surface area contributed by atoms with Gasteiger partial charge in [0.05, 0.1) is 72.4 Å². The van der Waals surface area contributed by atoms with Gasteiger partial charge in [-0.3, -0.25) is 0 Å². The van der Waals surface area contributed by atoms with E-state index in [9.17, 15) is 9.59 Å². The number of ether oxygens (including phenoxy) is 8. The number of fused-ring (bicyclic) bond motifs is 3. The van der Waals surface area contributed by atoms with Crippen LogP contribution in [0.25, 0.3) is 11.1 Å². The Labute approximate surface area is 315 Å². The molecule has 3 aliphatic carbocycles. The molecule has 280 valence electrons. The molecule has 0 amide bonds. The molecular weight excluding hydrogens is 688 g/mol. The van der Waals surface area contributed by atoms with E-state index in [1.54, 1.807) is 56.5 Å². The number of carbonyl (C=O) groups is 2. The Balaban J connectivity index is 1.74. The lowest BCUT2D eigenvalue weighted by molar-refractivity contribution is -0.140. The van der Waals surface area contributed by atoms with Crippen LogP contribution in [0.5, 0.6) is 34.5 Å². The average Bonchev–Trinajstić information content (AvgIpc) is 3.70. The second-order valence-corrected chi connectivity index (χ2v) is 13.0. The molecule has 2 atom stereocenters. The van der Waals surface area contributed by atoms with E-state index in [2.05, 4.69) is 0 Å². The zero-order valence-electron chi connectivity index (χ0n) is 31.8. The summed E-state index contributed by atoms with van der Waals surface area (Å²) in [7, 11) is 9.39. The summed E-state index contributed by atoms with van der Waals surface area (Å²) < 4.78 is 48.7. The Morgan fingerprint density at radius 3 is 1.70 bits per heavy atom. The van der Waals surface area contributed by atoms with Crippen molar-refractivity contribution in [1.82, 2.24) is 0 Å². The van der Waals surface area contributed by atoms with Crippen molar-refractivity contribution in [3.05, 3.63) is 117 Å². The number of esters is 2. The highest BCUT2D eigenvalue weighted by molar-refractivity contribution is 6.13. The highest BCUT2D eigenvalue weighted by Crippen LogP contribution is 2.70. The molecule has 0 unspecified atom stereocenters. The number of benzene rings is 4. The summed E-state index contributed by atoms with van der Waals surface area (Å²) in [4.78, 5) is 29.2. The minimum Gasteiger partial charge on any atom is -0.493 e. The highest BCUT2D eigenvalue weighted by atomic mass is 16.5. The molecule has 0 aliphatic heterocycles. The fourth-order valence-corrected chi connectivity index (χ4v) is 8.99. The van der Waals surface area contributed by atoms with Crippen molar-refractivity contribution in [2.24, 2.45) is 0 Å². The third kappa shape index (κ3) is 5.06. The quantitative estimate of drug-likeness (QED) is 0.135. The van der Waals surface area contributed by atoms with E-state index in [4.69, 9.17) is 37.9 Å². The molecular formula is C44H44O10. The molecule has 54 heavy (non-hydrogen) atoms. The summed E-state index contributed by atoms with van der Waals surface area (Å²) in [6.45, 7) is 3.91. The van der Waals surface area contributed by atoms with Crippen LogP contribution in [-0.2, 0) is 24.5 Å². The second kappa shape index (κ2) is 14.5. The molecule has 0 N–H and O–H groups in total. The Bertz CT molecular complexity index is 2200. The SMILES string of the molecule is CCOC(=O)C1=C(c2ccccc2)c2c(OC)c(OC)c(OC)c3c2[C@@H]1CC[C@]31C(C(=O)OCC)=C(c2ccccc2)c2c1cc(OC)c(OC)c2OC. The monoisotopic (exact) mass is 732 g/mol. The first-order valence-electron chi connectivity index (χ1n) is 18.0. The molecule has 0 heterocycles. The maximum absolute atomic E-state index is 14.9. The Morgan fingerprint density at radius 2 is 1.17 bits per heavy atom. The van der Waals surface area contributed by atoms with Crippen LogP contribution in [0.1, 0.15) is 71.6 Å². The van der Waals surface area contributed by atoms with Crippen molar-refractivity contribution in [3.8, 4) is 34.5 Å². The van der Waals surface area contributed by atoms with Gasteiger partial charge in [-0.15, -0.1) is 0 Å². The fourth-order valence-electron chi connectivity index (χ4n) is 8.99. The van der Waals surface area contributed by atoms with Crippen molar-refractivity contribution in [2.45, 2.75) is 38.0 Å². The smallest absolute Gasteiger partial charge is 0.335 e. The molecule has 0 saturated carbocycles. The van der Waals surface area contributed by atoms with Gasteiger partial charge in [0.25, 0.3) is 0 Å². The van der Waals surface area contributed by atoms with Crippen molar-refractivity contribution in [3.63, 3.8) is 0 Å². The van der Waals surface area contributed by atoms with Crippen LogP contribution >= 0.6 is 0 Å². The minimum atomic E-state index is -1.24. The third-order valence-electron chi connectivity index (χ3n) is 10.8. The Kier molecular flexibility index (Phi) is 9.79. The number of carbonyl (C=O) groups excluding carboxylic acids is 2. The van der Waals surface area contributed by atoms with Crippen molar-refractivity contribution in [1.29, 1.82) is 0 Å². The van der Waals surface area contributed by atoms with E-state index in [1.807, 2.05) is 66.7 Å². The molecule has 0 bridgehead atoms. The lowest BCUT2D eigenvalue weighted by Crippen LogP contribution is -2.38. The van der Waals surface area contributed by atoms with Crippen LogP contribution in [0.2, 0.25) is 0 Å². The summed E-state index contributed by atoms with van der Waals surface area (Å²) in [5, 5.41) is 0. The van der Waals surface area contributed by atoms with Crippen LogP contribution in [-0.4, -0.2) is 67.8 Å². The number of hydrogen-bond acceptors (Lipinski definition) is 10. The zero-order valence-corrected chi connectivity index (χ0v) is 31.8. The molecule has 4 aromatic rings. The van der Waals surface area contributed by atoms with Crippen LogP contribution < -0.4 is 28.4 Å². The Morgan fingerprint density at radius 1 is 0.630 bits per heavy atom. The van der Waals surface area contributed by atoms with Gasteiger partial charge in [0.15, 0.2) is 23.0 Å². The van der Waals surface area contributed by atoms with Gasteiger partial charge < -0.3 is 37.9 Å². The summed E-state index contributed by atoms with van der Waals surface area (Å²) in [5.74, 6) is 0.907. The molecule has 0 saturated heterocycles. The van der Waals surface area contributed by atoms with E-state index in [0.717, 1.165) is 22.3 Å². The predicted molar refractivity (Wildman–Crippen MR) is 203 cm³/mol. The third-order valence-corrected chi connectivity index (χ3v) is 10.8. The highest BCUT2D eigenvalue weighted by Gasteiger charge is 2.60. The van der Waals surface area contributed by atoms with E-state index in [0.29, 0.717) is 86.3 Å². The van der Waals surface area contributed by atoms with E-state index in [1.165, 1.54) is 0 Å². The molecule has 7 rings (SSSR count). The summed E-state index contributed by atoms with van der Waals surface area (Å²) in [6, 6.07) is 21.3. The largest absolute Gasteiger partial charge is 0.493 e. The summed E-state index contributed by atoms with van der Waals surface area (Å²) in [6.07, 6.45) is 0.807. The van der Waals surface area contributed by atoms with Crippen LogP contribution in [0.15, 0.2) is 77.9 Å². The van der Waals surface area contributed by atoms with Crippen molar-refractivity contribution >= 4 is 23.1 Å². The van der Waals surface area contributed by atoms with E-state index >= 15 is 0 Å². The van der Waals surface area contributed by atoms with Gasteiger partial charge in [0.1, 0.15) is 0 Å². The van der Waals surface area contributed by atoms with Crippen molar-refractivity contribution < 1.29 is 47.5 Å². The molecule has 1 spiro atoms. The standard InChI is InChI=1S/C44H44O10/c1-9-53-42(45)32-26-21-22-44(35-31(26)34(29(32)24-17-13-11-14-18-24)39(50-6)41(52-8)40(35)51-7)27-23-28(47-3)37(48-4)38(49-5)33(27)30(25-19-15-12-16-20-25)36(44)43(46)54-10-2/h11-20,23,26H,9-10,21-22H2,1-8H3/t26-,44+/m0/s1. The molecule has 3 aliphatic rings. The molecule has 0 aromatic heterocycles. The van der Waals surface area contributed by atoms with E-state index in [-0.39, 0.29) is 13.2 Å².